The van der Waals surface area contributed by atoms with Gasteiger partial charge in [0.1, 0.15) is 0 Å². The summed E-state index contributed by atoms with van der Waals surface area (Å²) in [5.41, 5.74) is 1.28. The van der Waals surface area contributed by atoms with Gasteiger partial charge in [0.15, 0.2) is 0 Å². The van der Waals surface area contributed by atoms with Crippen LogP contribution in [0.3, 0.4) is 0 Å². The van der Waals surface area contributed by atoms with E-state index in [2.05, 4.69) is 10.6 Å². The third-order valence-electron chi connectivity index (χ3n) is 4.79. The van der Waals surface area contributed by atoms with Crippen LogP contribution in [0.4, 0.5) is 5.69 Å². The number of carbonyl (C=O) groups excluding carboxylic acids is 2. The Labute approximate surface area is 111 Å². The monoisotopic (exact) mass is 256 g/mol. The van der Waals surface area contributed by atoms with E-state index in [0.717, 1.165) is 24.1 Å². The van der Waals surface area contributed by atoms with Gasteiger partial charge in [-0.2, -0.15) is 0 Å². The molecule has 98 valence electrons. The summed E-state index contributed by atoms with van der Waals surface area (Å²) in [6.07, 6.45) is 4.00. The SMILES string of the molecule is O=C(NC1CCC1)[C@H]1C[C@]12C(=O)Nc1ccccc12. The normalized spacial score (nSPS) is 31.6. The molecule has 2 atom stereocenters. The number of anilines is 1. The lowest BCUT2D eigenvalue weighted by molar-refractivity contribution is -0.126. The first kappa shape index (κ1) is 11.0. The van der Waals surface area contributed by atoms with Gasteiger partial charge >= 0.3 is 0 Å². The summed E-state index contributed by atoms with van der Waals surface area (Å²) in [6.45, 7) is 0. The lowest BCUT2D eigenvalue weighted by Crippen LogP contribution is -2.42. The van der Waals surface area contributed by atoms with Gasteiger partial charge in [-0.15, -0.1) is 0 Å². The minimum atomic E-state index is -0.579. The Morgan fingerprint density at radius 3 is 2.84 bits per heavy atom. The zero-order chi connectivity index (χ0) is 13.0. The number of nitrogens with one attached hydrogen (secondary N) is 2. The van der Waals surface area contributed by atoms with Crippen molar-refractivity contribution in [3.8, 4) is 0 Å². The lowest BCUT2D eigenvalue weighted by atomic mass is 9.91. The van der Waals surface area contributed by atoms with Crippen LogP contribution in [0.15, 0.2) is 24.3 Å². The predicted octanol–water partition coefficient (Wildman–Crippen LogP) is 1.57. The number of benzene rings is 1. The smallest absolute Gasteiger partial charge is 0.235 e. The first-order valence-electron chi connectivity index (χ1n) is 6.93. The second kappa shape index (κ2) is 3.59. The van der Waals surface area contributed by atoms with Gasteiger partial charge in [-0.3, -0.25) is 9.59 Å². The summed E-state index contributed by atoms with van der Waals surface area (Å²) in [5, 5.41) is 5.96. The van der Waals surface area contributed by atoms with Crippen molar-refractivity contribution < 1.29 is 9.59 Å². The molecule has 1 aliphatic heterocycles. The Morgan fingerprint density at radius 1 is 1.32 bits per heavy atom. The minimum Gasteiger partial charge on any atom is -0.353 e. The molecular weight excluding hydrogens is 240 g/mol. The molecule has 1 heterocycles. The molecule has 4 heteroatoms. The van der Waals surface area contributed by atoms with Gasteiger partial charge in [-0.1, -0.05) is 18.2 Å². The molecule has 1 aromatic carbocycles. The number of fused-ring (bicyclic) bond motifs is 2. The Bertz CT molecular complexity index is 579. The molecule has 19 heavy (non-hydrogen) atoms. The Kier molecular flexibility index (Phi) is 2.08. The fraction of sp³-hybridized carbons (Fsp3) is 0.467. The highest BCUT2D eigenvalue weighted by atomic mass is 16.2. The minimum absolute atomic E-state index is 0.0116. The summed E-state index contributed by atoms with van der Waals surface area (Å²) >= 11 is 0. The second-order valence-electron chi connectivity index (χ2n) is 5.86. The van der Waals surface area contributed by atoms with Crippen molar-refractivity contribution in [1.29, 1.82) is 0 Å². The molecule has 1 spiro atoms. The van der Waals surface area contributed by atoms with Gasteiger partial charge in [-0.05, 0) is 37.3 Å². The average molecular weight is 256 g/mol. The van der Waals surface area contributed by atoms with Crippen molar-refractivity contribution >= 4 is 17.5 Å². The summed E-state index contributed by atoms with van der Waals surface area (Å²) in [7, 11) is 0. The van der Waals surface area contributed by atoms with Crippen molar-refractivity contribution in [1.82, 2.24) is 5.32 Å². The fourth-order valence-electron chi connectivity index (χ4n) is 3.32. The Morgan fingerprint density at radius 2 is 2.11 bits per heavy atom. The number of para-hydroxylation sites is 1. The van der Waals surface area contributed by atoms with Crippen LogP contribution in [0.25, 0.3) is 0 Å². The molecule has 0 aromatic heterocycles. The van der Waals surface area contributed by atoms with Crippen LogP contribution in [-0.2, 0) is 15.0 Å². The highest BCUT2D eigenvalue weighted by molar-refractivity contribution is 6.12. The molecule has 2 N–H and O–H groups in total. The van der Waals surface area contributed by atoms with E-state index in [9.17, 15) is 9.59 Å². The summed E-state index contributed by atoms with van der Waals surface area (Å²) in [6, 6.07) is 8.04. The fourth-order valence-corrected chi connectivity index (χ4v) is 3.32. The van der Waals surface area contributed by atoms with Gasteiger partial charge in [0, 0.05) is 11.7 Å². The molecule has 0 saturated heterocycles. The second-order valence-corrected chi connectivity index (χ2v) is 5.86. The van der Waals surface area contributed by atoms with Crippen LogP contribution in [0.1, 0.15) is 31.2 Å². The zero-order valence-corrected chi connectivity index (χ0v) is 10.6. The van der Waals surface area contributed by atoms with Crippen molar-refractivity contribution in [2.45, 2.75) is 37.1 Å². The average Bonchev–Trinajstić information content (AvgIpc) is 3.04. The maximum Gasteiger partial charge on any atom is 0.235 e. The molecule has 4 rings (SSSR count). The lowest BCUT2D eigenvalue weighted by Gasteiger charge is -2.26. The van der Waals surface area contributed by atoms with Gasteiger partial charge < -0.3 is 10.6 Å². The number of hydrogen-bond donors (Lipinski definition) is 2. The molecular formula is C15H16N2O2. The van der Waals surface area contributed by atoms with Gasteiger partial charge in [0.2, 0.25) is 11.8 Å². The van der Waals surface area contributed by atoms with Crippen molar-refractivity contribution in [3.05, 3.63) is 29.8 Å². The maximum atomic E-state index is 12.2. The molecule has 2 saturated carbocycles. The van der Waals surface area contributed by atoms with Crippen LogP contribution in [0.5, 0.6) is 0 Å². The molecule has 3 aliphatic rings. The van der Waals surface area contributed by atoms with E-state index in [1.54, 1.807) is 0 Å². The standard InChI is InChI=1S/C15H16N2O2/c18-13(16-9-4-3-5-9)11-8-15(11)10-6-1-2-7-12(10)17-14(15)19/h1-2,6-7,9,11H,3-5,8H2,(H,16,18)(H,17,19)/t11-,15-/m1/s1. The van der Waals surface area contributed by atoms with Crippen molar-refractivity contribution in [3.63, 3.8) is 0 Å². The van der Waals surface area contributed by atoms with Gasteiger partial charge in [0.25, 0.3) is 0 Å². The van der Waals surface area contributed by atoms with Crippen molar-refractivity contribution in [2.24, 2.45) is 5.92 Å². The molecule has 0 unspecified atom stereocenters. The number of carbonyl (C=O) groups is 2. The first-order chi connectivity index (χ1) is 9.22. The Balaban J connectivity index is 1.59. The summed E-state index contributed by atoms with van der Waals surface area (Å²) < 4.78 is 0. The quantitative estimate of drug-likeness (QED) is 0.843. The van der Waals surface area contributed by atoms with E-state index in [-0.39, 0.29) is 17.7 Å². The summed E-state index contributed by atoms with van der Waals surface area (Å²) in [4.78, 5) is 24.4. The van der Waals surface area contributed by atoms with Crippen LogP contribution in [0.2, 0.25) is 0 Å². The van der Waals surface area contributed by atoms with E-state index < -0.39 is 5.41 Å². The molecule has 2 aliphatic carbocycles. The highest BCUT2D eigenvalue weighted by Crippen LogP contribution is 2.60. The van der Waals surface area contributed by atoms with Crippen molar-refractivity contribution in [2.75, 3.05) is 5.32 Å². The Hall–Kier alpha value is -1.84. The molecule has 1 aromatic rings. The van der Waals surface area contributed by atoms with Gasteiger partial charge in [-0.25, -0.2) is 0 Å². The predicted molar refractivity (Wildman–Crippen MR) is 70.6 cm³/mol. The third-order valence-corrected chi connectivity index (χ3v) is 4.79. The summed E-state index contributed by atoms with van der Waals surface area (Å²) in [5.74, 6) is -0.143. The van der Waals surface area contributed by atoms with Crippen LogP contribution < -0.4 is 10.6 Å². The number of amides is 2. The van der Waals surface area contributed by atoms with Crippen LogP contribution in [0, 0.1) is 5.92 Å². The zero-order valence-electron chi connectivity index (χ0n) is 10.6. The van der Waals surface area contributed by atoms with E-state index in [1.807, 2.05) is 24.3 Å². The number of rotatable bonds is 2. The molecule has 2 fully saturated rings. The molecule has 2 amide bonds. The van der Waals surface area contributed by atoms with Gasteiger partial charge in [0.05, 0.1) is 11.3 Å². The highest BCUT2D eigenvalue weighted by Gasteiger charge is 2.67. The molecule has 0 bridgehead atoms. The van der Waals surface area contributed by atoms with Crippen LogP contribution in [-0.4, -0.2) is 17.9 Å². The van der Waals surface area contributed by atoms with E-state index in [4.69, 9.17) is 0 Å². The van der Waals surface area contributed by atoms with E-state index in [0.29, 0.717) is 12.5 Å². The molecule has 4 nitrogen and oxygen atoms in total. The first-order valence-corrected chi connectivity index (χ1v) is 6.93. The topological polar surface area (TPSA) is 58.2 Å². The number of hydrogen-bond acceptors (Lipinski definition) is 2. The molecule has 0 radical (unpaired) electrons. The largest absolute Gasteiger partial charge is 0.353 e. The third kappa shape index (κ3) is 1.40. The van der Waals surface area contributed by atoms with Crippen LogP contribution >= 0.6 is 0 Å². The van der Waals surface area contributed by atoms with E-state index >= 15 is 0 Å². The van der Waals surface area contributed by atoms with E-state index in [1.165, 1.54) is 6.42 Å². The maximum absolute atomic E-state index is 12.2.